The highest BCUT2D eigenvalue weighted by Crippen LogP contribution is 2.22. The van der Waals surface area contributed by atoms with Crippen LogP contribution in [0.15, 0.2) is 0 Å². The lowest BCUT2D eigenvalue weighted by Gasteiger charge is -2.40. The fraction of sp³-hybridized carbons (Fsp3) is 1.00. The van der Waals surface area contributed by atoms with Gasteiger partial charge < -0.3 is 29.9 Å². The van der Waals surface area contributed by atoms with E-state index in [1.165, 1.54) is 0 Å². The molecule has 0 amide bonds. The second-order valence-electron chi connectivity index (χ2n) is 4.42. The first kappa shape index (κ1) is 13.8. The average Bonchev–Trinajstić information content (AvgIpc) is 2.23. The Kier molecular flexibility index (Phi) is 5.10. The predicted molar refractivity (Wildman–Crippen MR) is 54.6 cm³/mol. The molecule has 1 aliphatic heterocycles. The topological polar surface area (TPSA) is 99.4 Å². The Balaban J connectivity index is 2.62. The van der Waals surface area contributed by atoms with E-state index in [2.05, 4.69) is 0 Å². The van der Waals surface area contributed by atoms with Crippen molar-refractivity contribution in [3.05, 3.63) is 0 Å². The van der Waals surface area contributed by atoms with Gasteiger partial charge in [-0.1, -0.05) is 13.8 Å². The largest absolute Gasteiger partial charge is 0.394 e. The zero-order valence-corrected chi connectivity index (χ0v) is 9.48. The van der Waals surface area contributed by atoms with Gasteiger partial charge in [0, 0.05) is 6.61 Å². The van der Waals surface area contributed by atoms with Crippen LogP contribution in [0.4, 0.5) is 0 Å². The quantitative estimate of drug-likeness (QED) is 0.472. The van der Waals surface area contributed by atoms with Gasteiger partial charge in [-0.2, -0.15) is 0 Å². The second kappa shape index (κ2) is 5.90. The first-order valence-corrected chi connectivity index (χ1v) is 5.39. The van der Waals surface area contributed by atoms with E-state index in [-0.39, 0.29) is 5.92 Å². The van der Waals surface area contributed by atoms with Crippen LogP contribution in [0.1, 0.15) is 13.8 Å². The first-order chi connectivity index (χ1) is 7.47. The Hall–Kier alpha value is -0.240. The molecular formula is C10H20O6. The molecule has 4 N–H and O–H groups in total. The highest BCUT2D eigenvalue weighted by Gasteiger charge is 2.44. The van der Waals surface area contributed by atoms with Crippen LogP contribution in [0, 0.1) is 5.92 Å². The van der Waals surface area contributed by atoms with Crippen molar-refractivity contribution < 1.29 is 29.9 Å². The summed E-state index contributed by atoms with van der Waals surface area (Å²) in [6, 6.07) is 0. The maximum atomic E-state index is 9.75. The lowest BCUT2D eigenvalue weighted by molar-refractivity contribution is -0.295. The summed E-state index contributed by atoms with van der Waals surface area (Å²) in [5.74, 6) is 0.243. The van der Waals surface area contributed by atoms with Crippen LogP contribution in [0.3, 0.4) is 0 Å². The van der Waals surface area contributed by atoms with Gasteiger partial charge in [0.2, 0.25) is 0 Å². The molecule has 6 heteroatoms. The Labute approximate surface area is 94.4 Å². The van der Waals surface area contributed by atoms with Gasteiger partial charge in [-0.25, -0.2) is 0 Å². The average molecular weight is 236 g/mol. The van der Waals surface area contributed by atoms with Gasteiger partial charge in [-0.15, -0.1) is 0 Å². The Bertz CT molecular complexity index is 209. The highest BCUT2D eigenvalue weighted by atomic mass is 16.6. The third-order valence-corrected chi connectivity index (χ3v) is 2.46. The van der Waals surface area contributed by atoms with Crippen LogP contribution < -0.4 is 0 Å². The zero-order chi connectivity index (χ0) is 12.3. The van der Waals surface area contributed by atoms with Gasteiger partial charge in [-0.05, 0) is 5.92 Å². The lowest BCUT2D eigenvalue weighted by atomic mass is 9.99. The third kappa shape index (κ3) is 3.13. The van der Waals surface area contributed by atoms with Crippen LogP contribution in [-0.4, -0.2) is 64.3 Å². The van der Waals surface area contributed by atoms with E-state index < -0.39 is 37.3 Å². The van der Waals surface area contributed by atoms with Crippen LogP contribution >= 0.6 is 0 Å². The number of hydrogen-bond donors (Lipinski definition) is 4. The number of hydrogen-bond acceptors (Lipinski definition) is 6. The van der Waals surface area contributed by atoms with Gasteiger partial charge in [-0.3, -0.25) is 0 Å². The van der Waals surface area contributed by atoms with Crippen molar-refractivity contribution in [2.45, 2.75) is 44.6 Å². The SMILES string of the molecule is CC(C)CO[C@@H]1[C@@H](O)[C@@H](O)O[C@H](CO)[C@H]1O. The summed E-state index contributed by atoms with van der Waals surface area (Å²) in [5, 5.41) is 37.6. The molecule has 16 heavy (non-hydrogen) atoms. The van der Waals surface area contributed by atoms with Crippen molar-refractivity contribution in [2.75, 3.05) is 13.2 Å². The van der Waals surface area contributed by atoms with Crippen molar-refractivity contribution in [3.8, 4) is 0 Å². The molecule has 1 rings (SSSR count). The third-order valence-electron chi connectivity index (χ3n) is 2.46. The van der Waals surface area contributed by atoms with Crippen molar-refractivity contribution in [1.82, 2.24) is 0 Å². The molecule has 1 aliphatic rings. The minimum atomic E-state index is -1.45. The molecule has 5 atom stereocenters. The minimum absolute atomic E-state index is 0.243. The fourth-order valence-corrected chi connectivity index (χ4v) is 1.57. The van der Waals surface area contributed by atoms with Crippen molar-refractivity contribution in [1.29, 1.82) is 0 Å². The maximum absolute atomic E-state index is 9.75. The molecule has 6 nitrogen and oxygen atoms in total. The van der Waals surface area contributed by atoms with Gasteiger partial charge in [0.1, 0.15) is 24.4 Å². The number of rotatable bonds is 4. The number of aliphatic hydroxyl groups excluding tert-OH is 4. The fourth-order valence-electron chi connectivity index (χ4n) is 1.57. The molecule has 0 unspecified atom stereocenters. The van der Waals surface area contributed by atoms with E-state index in [1.807, 2.05) is 13.8 Å². The predicted octanol–water partition coefficient (Wildman–Crippen LogP) is -1.54. The molecule has 0 bridgehead atoms. The number of aliphatic hydroxyl groups is 4. The summed E-state index contributed by atoms with van der Waals surface area (Å²) in [6.07, 6.45) is -5.78. The first-order valence-electron chi connectivity index (χ1n) is 5.39. The maximum Gasteiger partial charge on any atom is 0.184 e. The molecule has 0 saturated carbocycles. The lowest BCUT2D eigenvalue weighted by Crippen LogP contribution is -2.59. The van der Waals surface area contributed by atoms with Crippen molar-refractivity contribution in [3.63, 3.8) is 0 Å². The highest BCUT2D eigenvalue weighted by molar-refractivity contribution is 4.89. The van der Waals surface area contributed by atoms with Crippen molar-refractivity contribution in [2.24, 2.45) is 5.92 Å². The molecule has 96 valence electrons. The van der Waals surface area contributed by atoms with E-state index in [1.54, 1.807) is 0 Å². The van der Waals surface area contributed by atoms with Gasteiger partial charge in [0.05, 0.1) is 6.61 Å². The monoisotopic (exact) mass is 236 g/mol. The van der Waals surface area contributed by atoms with Crippen LogP contribution in [-0.2, 0) is 9.47 Å². The number of ether oxygens (including phenoxy) is 2. The summed E-state index contributed by atoms with van der Waals surface area (Å²) in [6.45, 7) is 3.77. The van der Waals surface area contributed by atoms with E-state index in [0.717, 1.165) is 0 Å². The Morgan fingerprint density at radius 3 is 2.31 bits per heavy atom. The molecule has 0 aromatic rings. The molecule has 0 spiro atoms. The van der Waals surface area contributed by atoms with E-state index >= 15 is 0 Å². The molecule has 0 aliphatic carbocycles. The van der Waals surface area contributed by atoms with Crippen molar-refractivity contribution >= 4 is 0 Å². The smallest absolute Gasteiger partial charge is 0.184 e. The molecule has 1 fully saturated rings. The molecule has 0 radical (unpaired) electrons. The zero-order valence-electron chi connectivity index (χ0n) is 9.48. The Morgan fingerprint density at radius 2 is 1.81 bits per heavy atom. The van der Waals surface area contributed by atoms with E-state index in [0.29, 0.717) is 6.61 Å². The van der Waals surface area contributed by atoms with Crippen LogP contribution in [0.25, 0.3) is 0 Å². The Morgan fingerprint density at radius 1 is 1.19 bits per heavy atom. The van der Waals surface area contributed by atoms with Gasteiger partial charge >= 0.3 is 0 Å². The minimum Gasteiger partial charge on any atom is -0.394 e. The summed E-state index contributed by atoms with van der Waals surface area (Å²) in [4.78, 5) is 0. The molecular weight excluding hydrogens is 216 g/mol. The summed E-state index contributed by atoms with van der Waals surface area (Å²) < 4.78 is 10.1. The summed E-state index contributed by atoms with van der Waals surface area (Å²) in [7, 11) is 0. The van der Waals surface area contributed by atoms with E-state index in [4.69, 9.17) is 14.6 Å². The van der Waals surface area contributed by atoms with E-state index in [9.17, 15) is 15.3 Å². The van der Waals surface area contributed by atoms with Crippen LogP contribution in [0.5, 0.6) is 0 Å². The molecule has 1 saturated heterocycles. The van der Waals surface area contributed by atoms with Gasteiger partial charge in [0.15, 0.2) is 6.29 Å². The standard InChI is InChI=1S/C10H20O6/c1-5(2)4-15-9-7(12)6(3-11)16-10(14)8(9)13/h5-14H,3-4H2,1-2H3/t6-,7-,8-,9+,10+/m1/s1. The van der Waals surface area contributed by atoms with Gasteiger partial charge in [0.25, 0.3) is 0 Å². The molecule has 0 aromatic heterocycles. The normalized spacial score (nSPS) is 40.3. The molecule has 0 aromatic carbocycles. The second-order valence-corrected chi connectivity index (χ2v) is 4.42. The summed E-state index contributed by atoms with van der Waals surface area (Å²) >= 11 is 0. The molecule has 1 heterocycles. The summed E-state index contributed by atoms with van der Waals surface area (Å²) in [5.41, 5.74) is 0. The van der Waals surface area contributed by atoms with Crippen LogP contribution in [0.2, 0.25) is 0 Å².